The van der Waals surface area contributed by atoms with Crippen molar-refractivity contribution in [3.05, 3.63) is 0 Å². The lowest BCUT2D eigenvalue weighted by Crippen LogP contribution is -2.25. The SMILES string of the molecule is CCC(C)OCCC(C)(C)OC. The molecule has 0 saturated heterocycles. The van der Waals surface area contributed by atoms with Crippen LogP contribution in [0.25, 0.3) is 0 Å². The maximum absolute atomic E-state index is 5.55. The van der Waals surface area contributed by atoms with Gasteiger partial charge in [-0.2, -0.15) is 0 Å². The topological polar surface area (TPSA) is 18.5 Å². The second-order valence-corrected chi connectivity index (χ2v) is 3.80. The minimum atomic E-state index is -0.0482. The molecular weight excluding hydrogens is 152 g/mol. The van der Waals surface area contributed by atoms with Crippen molar-refractivity contribution in [1.29, 1.82) is 0 Å². The van der Waals surface area contributed by atoms with Crippen LogP contribution in [0.2, 0.25) is 0 Å². The predicted octanol–water partition coefficient (Wildman–Crippen LogP) is 2.62. The second kappa shape index (κ2) is 5.55. The van der Waals surface area contributed by atoms with Crippen LogP contribution in [-0.2, 0) is 9.47 Å². The van der Waals surface area contributed by atoms with E-state index in [0.29, 0.717) is 6.10 Å². The minimum absolute atomic E-state index is 0.0482. The van der Waals surface area contributed by atoms with Gasteiger partial charge >= 0.3 is 0 Å². The van der Waals surface area contributed by atoms with Gasteiger partial charge in [-0.15, -0.1) is 0 Å². The molecule has 2 nitrogen and oxygen atoms in total. The summed E-state index contributed by atoms with van der Waals surface area (Å²) >= 11 is 0. The van der Waals surface area contributed by atoms with Gasteiger partial charge in [0.25, 0.3) is 0 Å². The van der Waals surface area contributed by atoms with Crippen molar-refractivity contribution in [2.24, 2.45) is 0 Å². The predicted molar refractivity (Wildman–Crippen MR) is 51.4 cm³/mol. The van der Waals surface area contributed by atoms with Gasteiger partial charge in [-0.25, -0.2) is 0 Å². The monoisotopic (exact) mass is 174 g/mol. The van der Waals surface area contributed by atoms with E-state index in [9.17, 15) is 0 Å². The Morgan fingerprint density at radius 2 is 1.92 bits per heavy atom. The number of hydrogen-bond acceptors (Lipinski definition) is 2. The van der Waals surface area contributed by atoms with Gasteiger partial charge in [0, 0.05) is 13.7 Å². The highest BCUT2D eigenvalue weighted by molar-refractivity contribution is 4.66. The summed E-state index contributed by atoms with van der Waals surface area (Å²) in [5.41, 5.74) is -0.0482. The lowest BCUT2D eigenvalue weighted by molar-refractivity contribution is -0.0237. The van der Waals surface area contributed by atoms with Gasteiger partial charge < -0.3 is 9.47 Å². The molecule has 0 aliphatic heterocycles. The molecule has 0 radical (unpaired) electrons. The molecule has 0 amide bonds. The highest BCUT2D eigenvalue weighted by Gasteiger charge is 2.15. The van der Waals surface area contributed by atoms with E-state index in [2.05, 4.69) is 27.7 Å². The first-order valence-electron chi connectivity index (χ1n) is 4.68. The number of rotatable bonds is 6. The Labute approximate surface area is 76.3 Å². The molecule has 0 N–H and O–H groups in total. The molecule has 0 bridgehead atoms. The third-order valence-electron chi connectivity index (χ3n) is 2.23. The van der Waals surface area contributed by atoms with Crippen molar-refractivity contribution in [3.63, 3.8) is 0 Å². The lowest BCUT2D eigenvalue weighted by atomic mass is 10.1. The highest BCUT2D eigenvalue weighted by atomic mass is 16.5. The lowest BCUT2D eigenvalue weighted by Gasteiger charge is -2.23. The summed E-state index contributed by atoms with van der Waals surface area (Å²) in [5.74, 6) is 0. The van der Waals surface area contributed by atoms with Gasteiger partial charge in [0.1, 0.15) is 0 Å². The zero-order valence-electron chi connectivity index (χ0n) is 9.02. The third kappa shape index (κ3) is 5.56. The average molecular weight is 174 g/mol. The number of ether oxygens (including phenoxy) is 2. The molecule has 0 rings (SSSR count). The summed E-state index contributed by atoms with van der Waals surface area (Å²) in [4.78, 5) is 0. The van der Waals surface area contributed by atoms with Crippen LogP contribution in [-0.4, -0.2) is 25.4 Å². The zero-order valence-corrected chi connectivity index (χ0v) is 9.02. The quantitative estimate of drug-likeness (QED) is 0.616. The standard InChI is InChI=1S/C10H22O2/c1-6-9(2)12-8-7-10(3,4)11-5/h9H,6-8H2,1-5H3. The van der Waals surface area contributed by atoms with Crippen molar-refractivity contribution in [3.8, 4) is 0 Å². The van der Waals surface area contributed by atoms with Crippen molar-refractivity contribution < 1.29 is 9.47 Å². The van der Waals surface area contributed by atoms with Crippen molar-refractivity contribution in [2.45, 2.75) is 52.2 Å². The van der Waals surface area contributed by atoms with Crippen LogP contribution < -0.4 is 0 Å². The van der Waals surface area contributed by atoms with Gasteiger partial charge in [-0.05, 0) is 33.6 Å². The molecule has 1 atom stereocenters. The Kier molecular flexibility index (Phi) is 5.51. The average Bonchev–Trinajstić information content (AvgIpc) is 2.04. The summed E-state index contributed by atoms with van der Waals surface area (Å²) in [6.07, 6.45) is 2.40. The third-order valence-corrected chi connectivity index (χ3v) is 2.23. The van der Waals surface area contributed by atoms with E-state index in [-0.39, 0.29) is 5.60 Å². The molecule has 0 aromatic rings. The Morgan fingerprint density at radius 3 is 2.33 bits per heavy atom. The molecule has 0 spiro atoms. The zero-order chi connectivity index (χ0) is 9.61. The van der Waals surface area contributed by atoms with E-state index < -0.39 is 0 Å². The van der Waals surface area contributed by atoms with Crippen molar-refractivity contribution in [1.82, 2.24) is 0 Å². The first kappa shape index (κ1) is 11.9. The van der Waals surface area contributed by atoms with Gasteiger partial charge in [-0.3, -0.25) is 0 Å². The Bertz CT molecular complexity index is 110. The summed E-state index contributed by atoms with van der Waals surface area (Å²) in [7, 11) is 1.74. The molecule has 0 saturated carbocycles. The van der Waals surface area contributed by atoms with E-state index in [4.69, 9.17) is 9.47 Å². The molecule has 1 unspecified atom stereocenters. The van der Waals surface area contributed by atoms with Crippen LogP contribution in [0.4, 0.5) is 0 Å². The molecule has 0 aliphatic rings. The van der Waals surface area contributed by atoms with E-state index in [0.717, 1.165) is 19.4 Å². The highest BCUT2D eigenvalue weighted by Crippen LogP contribution is 2.13. The molecule has 12 heavy (non-hydrogen) atoms. The summed E-state index contributed by atoms with van der Waals surface area (Å²) < 4.78 is 10.8. The van der Waals surface area contributed by atoms with Gasteiger partial charge in [0.05, 0.1) is 11.7 Å². The summed E-state index contributed by atoms with van der Waals surface area (Å²) in [5, 5.41) is 0. The molecule has 0 heterocycles. The maximum atomic E-state index is 5.55. The van der Waals surface area contributed by atoms with Crippen LogP contribution >= 0.6 is 0 Å². The summed E-state index contributed by atoms with van der Waals surface area (Å²) in [6, 6.07) is 0. The van der Waals surface area contributed by atoms with Crippen LogP contribution in [0, 0.1) is 0 Å². The fraction of sp³-hybridized carbons (Fsp3) is 1.00. The van der Waals surface area contributed by atoms with Crippen molar-refractivity contribution in [2.75, 3.05) is 13.7 Å². The van der Waals surface area contributed by atoms with Gasteiger partial charge in [0.2, 0.25) is 0 Å². The molecule has 2 heteroatoms. The molecular formula is C10H22O2. The number of methoxy groups -OCH3 is 1. The first-order valence-corrected chi connectivity index (χ1v) is 4.68. The maximum Gasteiger partial charge on any atom is 0.0644 e. The largest absolute Gasteiger partial charge is 0.379 e. The Morgan fingerprint density at radius 1 is 1.33 bits per heavy atom. The van der Waals surface area contributed by atoms with E-state index in [1.54, 1.807) is 7.11 Å². The minimum Gasteiger partial charge on any atom is -0.379 e. The van der Waals surface area contributed by atoms with Crippen LogP contribution in [0.3, 0.4) is 0 Å². The van der Waals surface area contributed by atoms with Gasteiger partial charge in [0.15, 0.2) is 0 Å². The fourth-order valence-corrected chi connectivity index (χ4v) is 0.726. The van der Waals surface area contributed by atoms with E-state index in [1.165, 1.54) is 0 Å². The summed E-state index contributed by atoms with van der Waals surface area (Å²) in [6.45, 7) is 9.17. The second-order valence-electron chi connectivity index (χ2n) is 3.80. The van der Waals surface area contributed by atoms with Crippen LogP contribution in [0.1, 0.15) is 40.5 Å². The first-order chi connectivity index (χ1) is 5.52. The Balaban J connectivity index is 3.42. The smallest absolute Gasteiger partial charge is 0.0644 e. The van der Waals surface area contributed by atoms with Crippen LogP contribution in [0.5, 0.6) is 0 Å². The molecule has 74 valence electrons. The molecule has 0 aromatic carbocycles. The molecule has 0 aliphatic carbocycles. The van der Waals surface area contributed by atoms with E-state index in [1.807, 2.05) is 0 Å². The van der Waals surface area contributed by atoms with Crippen molar-refractivity contribution >= 4 is 0 Å². The normalized spacial score (nSPS) is 14.8. The van der Waals surface area contributed by atoms with Gasteiger partial charge in [-0.1, -0.05) is 6.92 Å². The van der Waals surface area contributed by atoms with Crippen LogP contribution in [0.15, 0.2) is 0 Å². The van der Waals surface area contributed by atoms with E-state index >= 15 is 0 Å². The number of hydrogen-bond donors (Lipinski definition) is 0. The fourth-order valence-electron chi connectivity index (χ4n) is 0.726. The molecule has 0 aromatic heterocycles. The molecule has 0 fully saturated rings. The Hall–Kier alpha value is -0.0800.